The molecule has 36 heavy (non-hydrogen) atoms. The van der Waals surface area contributed by atoms with Gasteiger partial charge in [0, 0.05) is 38.2 Å². The molecule has 2 aliphatic heterocycles. The molecule has 2 aromatic carbocycles. The molecule has 0 spiro atoms. The first-order valence-electron chi connectivity index (χ1n) is 12.0. The maximum Gasteiger partial charge on any atom is 0.291 e. The number of fused-ring (bicyclic) bond motifs is 1. The second kappa shape index (κ2) is 10.6. The first-order valence-corrected chi connectivity index (χ1v) is 12.0. The van der Waals surface area contributed by atoms with Gasteiger partial charge in [0.2, 0.25) is 5.82 Å². The smallest absolute Gasteiger partial charge is 0.291 e. The third-order valence-corrected chi connectivity index (χ3v) is 6.25. The average Bonchev–Trinajstić information content (AvgIpc) is 3.35. The average molecular weight is 486 g/mol. The van der Waals surface area contributed by atoms with Gasteiger partial charge in [-0.1, -0.05) is 42.2 Å². The highest BCUT2D eigenvalue weighted by molar-refractivity contribution is 6.02. The second-order valence-electron chi connectivity index (χ2n) is 8.84. The number of hydrogen-bond donors (Lipinski definition) is 2. The van der Waals surface area contributed by atoms with Crippen LogP contribution < -0.4 is 15.0 Å². The molecule has 0 saturated carbocycles. The number of carbonyl (C=O) groups is 2. The van der Waals surface area contributed by atoms with E-state index in [4.69, 9.17) is 9.47 Å². The van der Waals surface area contributed by atoms with Crippen molar-refractivity contribution in [2.45, 2.75) is 25.3 Å². The zero-order valence-electron chi connectivity index (χ0n) is 20.0. The number of likely N-dealkylation sites (N-methyl/N-ethyl adjacent to an activating group) is 1. The summed E-state index contributed by atoms with van der Waals surface area (Å²) in [6.45, 7) is 1.48. The molecular weight excluding hydrogens is 458 g/mol. The van der Waals surface area contributed by atoms with Crippen LogP contribution in [0.5, 0.6) is 5.75 Å². The van der Waals surface area contributed by atoms with Crippen LogP contribution in [0.4, 0.5) is 5.69 Å². The van der Waals surface area contributed by atoms with Gasteiger partial charge in [-0.2, -0.15) is 0 Å². The van der Waals surface area contributed by atoms with Gasteiger partial charge < -0.3 is 19.7 Å². The molecule has 9 heteroatoms. The molecular formula is C27H27N5O4. The van der Waals surface area contributed by atoms with Crippen molar-refractivity contribution in [3.05, 3.63) is 71.3 Å². The number of anilines is 1. The first kappa shape index (κ1) is 23.6. The van der Waals surface area contributed by atoms with Gasteiger partial charge in [-0.3, -0.25) is 14.7 Å². The van der Waals surface area contributed by atoms with E-state index in [1.54, 1.807) is 7.05 Å². The highest BCUT2D eigenvalue weighted by Gasteiger charge is 2.31. The topological polar surface area (TPSA) is 109 Å². The largest absolute Gasteiger partial charge is 0.489 e. The zero-order chi connectivity index (χ0) is 24.9. The lowest BCUT2D eigenvalue weighted by atomic mass is 10.0. The van der Waals surface area contributed by atoms with E-state index in [1.165, 1.54) is 4.90 Å². The van der Waals surface area contributed by atoms with Gasteiger partial charge in [0.25, 0.3) is 11.8 Å². The summed E-state index contributed by atoms with van der Waals surface area (Å²) in [6, 6.07) is 14.4. The Morgan fingerprint density at radius 1 is 1.19 bits per heavy atom. The number of carbonyl (C=O) groups excluding carboxylic acids is 2. The van der Waals surface area contributed by atoms with Crippen LogP contribution in [0.3, 0.4) is 0 Å². The lowest BCUT2D eigenvalue weighted by Gasteiger charge is -2.20. The van der Waals surface area contributed by atoms with Gasteiger partial charge in [0.1, 0.15) is 24.2 Å². The maximum atomic E-state index is 13.2. The van der Waals surface area contributed by atoms with Gasteiger partial charge in [-0.25, -0.2) is 4.98 Å². The van der Waals surface area contributed by atoms with Crippen LogP contribution in [0.15, 0.2) is 48.5 Å². The number of aromatic nitrogens is 3. The fraction of sp³-hybridized carbons (Fsp3) is 0.333. The number of amides is 2. The number of H-pyrrole nitrogens is 1. The normalized spacial score (nSPS) is 17.9. The van der Waals surface area contributed by atoms with Crippen LogP contribution in [-0.2, 0) is 16.0 Å². The van der Waals surface area contributed by atoms with Gasteiger partial charge in [-0.05, 0) is 36.6 Å². The summed E-state index contributed by atoms with van der Waals surface area (Å²) >= 11 is 0. The molecule has 0 bridgehead atoms. The molecule has 3 heterocycles. The summed E-state index contributed by atoms with van der Waals surface area (Å²) in [5.41, 5.74) is 2.46. The SMILES string of the molecule is CN1C(=O)[C@@H](NC(=O)c2n[nH]c(Cc3ccccc3)n2)COc2ccc(C#CC3CCOCC3)cc21. The molecule has 184 valence electrons. The predicted octanol–water partition coefficient (Wildman–Crippen LogP) is 2.33. The van der Waals surface area contributed by atoms with Crippen molar-refractivity contribution in [3.63, 3.8) is 0 Å². The number of nitrogens with zero attached hydrogens (tertiary/aromatic N) is 3. The van der Waals surface area contributed by atoms with Gasteiger partial charge in [0.05, 0.1) is 5.69 Å². The van der Waals surface area contributed by atoms with E-state index in [1.807, 2.05) is 48.5 Å². The van der Waals surface area contributed by atoms with E-state index in [0.717, 1.165) is 37.2 Å². The van der Waals surface area contributed by atoms with E-state index in [2.05, 4.69) is 32.3 Å². The van der Waals surface area contributed by atoms with Crippen molar-refractivity contribution in [2.75, 3.05) is 31.8 Å². The molecule has 1 fully saturated rings. The van der Waals surface area contributed by atoms with E-state index in [9.17, 15) is 9.59 Å². The molecule has 2 N–H and O–H groups in total. The molecule has 2 amide bonds. The Labute approximate surface area is 209 Å². The molecule has 1 atom stereocenters. The standard InChI is InChI=1S/C27H27N5O4/c1-32-22-15-20(8-7-18-11-13-35-14-12-18)9-10-23(22)36-17-21(27(32)34)28-26(33)25-29-24(30-31-25)16-19-5-3-2-4-6-19/h2-6,9-10,15,18,21H,11-14,16-17H2,1H3,(H,28,33)(H,29,30,31)/t21-/m0/s1. The number of rotatable bonds is 4. The van der Waals surface area contributed by atoms with Crippen molar-refractivity contribution < 1.29 is 19.1 Å². The molecule has 5 rings (SSSR count). The van der Waals surface area contributed by atoms with Crippen LogP contribution in [0.25, 0.3) is 0 Å². The first-order chi connectivity index (χ1) is 17.6. The molecule has 0 unspecified atom stereocenters. The lowest BCUT2D eigenvalue weighted by molar-refractivity contribution is -0.120. The number of benzene rings is 2. The maximum absolute atomic E-state index is 13.2. The zero-order valence-corrected chi connectivity index (χ0v) is 20.0. The molecule has 0 aliphatic carbocycles. The summed E-state index contributed by atoms with van der Waals surface area (Å²) in [5, 5.41) is 9.52. The van der Waals surface area contributed by atoms with Crippen LogP contribution in [0, 0.1) is 17.8 Å². The Hall–Kier alpha value is -4.16. The predicted molar refractivity (Wildman–Crippen MR) is 133 cm³/mol. The van der Waals surface area contributed by atoms with Crippen LogP contribution in [-0.4, -0.2) is 59.9 Å². The third kappa shape index (κ3) is 5.39. The molecule has 1 saturated heterocycles. The number of hydrogen-bond acceptors (Lipinski definition) is 6. The highest BCUT2D eigenvalue weighted by atomic mass is 16.5. The van der Waals surface area contributed by atoms with Crippen LogP contribution in [0.1, 0.15) is 40.4 Å². The molecule has 0 radical (unpaired) electrons. The van der Waals surface area contributed by atoms with Gasteiger partial charge in [-0.15, -0.1) is 5.10 Å². The lowest BCUT2D eigenvalue weighted by Crippen LogP contribution is -2.49. The minimum atomic E-state index is -0.886. The number of nitrogens with one attached hydrogen (secondary N) is 2. The van der Waals surface area contributed by atoms with Gasteiger partial charge in [0.15, 0.2) is 0 Å². The highest BCUT2D eigenvalue weighted by Crippen LogP contribution is 2.31. The molecule has 1 aromatic heterocycles. The molecule has 3 aromatic rings. The van der Waals surface area contributed by atoms with E-state index < -0.39 is 11.9 Å². The van der Waals surface area contributed by atoms with E-state index >= 15 is 0 Å². The van der Waals surface area contributed by atoms with Crippen molar-refractivity contribution in [1.82, 2.24) is 20.5 Å². The minimum absolute atomic E-state index is 0.00366. The molecule has 2 aliphatic rings. The quantitative estimate of drug-likeness (QED) is 0.549. The summed E-state index contributed by atoms with van der Waals surface area (Å²) in [4.78, 5) is 31.7. The van der Waals surface area contributed by atoms with E-state index in [-0.39, 0.29) is 18.3 Å². The molecule has 9 nitrogen and oxygen atoms in total. The Bertz CT molecular complexity index is 1300. The third-order valence-electron chi connectivity index (χ3n) is 6.25. The minimum Gasteiger partial charge on any atom is -0.489 e. The summed E-state index contributed by atoms with van der Waals surface area (Å²) in [7, 11) is 1.66. The summed E-state index contributed by atoms with van der Waals surface area (Å²) in [5.74, 6) is 7.10. The Morgan fingerprint density at radius 2 is 2.00 bits per heavy atom. The van der Waals surface area contributed by atoms with Crippen molar-refractivity contribution in [1.29, 1.82) is 0 Å². The van der Waals surface area contributed by atoms with Crippen molar-refractivity contribution in [2.24, 2.45) is 5.92 Å². The fourth-order valence-corrected chi connectivity index (χ4v) is 4.19. The monoisotopic (exact) mass is 485 g/mol. The summed E-state index contributed by atoms with van der Waals surface area (Å²) in [6.07, 6.45) is 2.38. The second-order valence-corrected chi connectivity index (χ2v) is 8.84. The van der Waals surface area contributed by atoms with Crippen molar-refractivity contribution in [3.8, 4) is 17.6 Å². The van der Waals surface area contributed by atoms with Crippen LogP contribution >= 0.6 is 0 Å². The van der Waals surface area contributed by atoms with Gasteiger partial charge >= 0.3 is 0 Å². The number of aromatic amines is 1. The Morgan fingerprint density at radius 3 is 2.81 bits per heavy atom. The fourth-order valence-electron chi connectivity index (χ4n) is 4.19. The van der Waals surface area contributed by atoms with E-state index in [0.29, 0.717) is 29.6 Å². The Balaban J connectivity index is 1.25. The Kier molecular flexibility index (Phi) is 6.96. The van der Waals surface area contributed by atoms with Crippen molar-refractivity contribution >= 4 is 17.5 Å². The van der Waals surface area contributed by atoms with Crippen LogP contribution in [0.2, 0.25) is 0 Å². The number of ether oxygens (including phenoxy) is 2. The summed E-state index contributed by atoms with van der Waals surface area (Å²) < 4.78 is 11.3.